The van der Waals surface area contributed by atoms with Crippen LogP contribution in [0.1, 0.15) is 33.1 Å². The molecular formula is C14H26N4. The summed E-state index contributed by atoms with van der Waals surface area (Å²) in [5.74, 6) is 0.986. The van der Waals surface area contributed by atoms with Crippen molar-refractivity contribution in [2.45, 2.75) is 44.7 Å². The smallest absolute Gasteiger partial charge is 0.102 e. The van der Waals surface area contributed by atoms with E-state index in [1.807, 2.05) is 6.92 Å². The fourth-order valence-corrected chi connectivity index (χ4v) is 2.84. The fourth-order valence-electron chi connectivity index (χ4n) is 2.84. The highest BCUT2D eigenvalue weighted by Gasteiger charge is 2.29. The Morgan fingerprint density at radius 1 is 1.33 bits per heavy atom. The molecule has 18 heavy (non-hydrogen) atoms. The molecule has 2 fully saturated rings. The van der Waals surface area contributed by atoms with Crippen LogP contribution < -0.4 is 5.73 Å². The SMILES string of the molecule is CC(CC(C)(N)C#N)N1CCN(CC2CC2)CC1. The van der Waals surface area contributed by atoms with E-state index in [2.05, 4.69) is 22.8 Å². The minimum atomic E-state index is -0.690. The molecule has 1 aliphatic carbocycles. The summed E-state index contributed by atoms with van der Waals surface area (Å²) in [4.78, 5) is 5.07. The van der Waals surface area contributed by atoms with Crippen LogP contribution in [0, 0.1) is 17.2 Å². The van der Waals surface area contributed by atoms with E-state index in [1.165, 1.54) is 32.5 Å². The largest absolute Gasteiger partial charge is 0.314 e. The van der Waals surface area contributed by atoms with Crippen molar-refractivity contribution in [3.63, 3.8) is 0 Å². The van der Waals surface area contributed by atoms with Crippen LogP contribution >= 0.6 is 0 Å². The first-order valence-corrected chi connectivity index (χ1v) is 7.17. The van der Waals surface area contributed by atoms with Crippen molar-refractivity contribution in [2.75, 3.05) is 32.7 Å². The maximum Gasteiger partial charge on any atom is 0.102 e. The summed E-state index contributed by atoms with van der Waals surface area (Å²) in [5, 5.41) is 8.99. The van der Waals surface area contributed by atoms with E-state index in [0.717, 1.165) is 25.4 Å². The molecule has 2 unspecified atom stereocenters. The lowest BCUT2D eigenvalue weighted by Crippen LogP contribution is -2.52. The molecule has 2 aliphatic rings. The van der Waals surface area contributed by atoms with E-state index < -0.39 is 5.54 Å². The molecule has 2 rings (SSSR count). The van der Waals surface area contributed by atoms with Crippen molar-refractivity contribution in [2.24, 2.45) is 11.7 Å². The molecule has 4 heteroatoms. The van der Waals surface area contributed by atoms with Crippen molar-refractivity contribution in [1.82, 2.24) is 9.80 Å². The first kappa shape index (κ1) is 13.8. The quantitative estimate of drug-likeness (QED) is 0.792. The molecule has 1 saturated heterocycles. The van der Waals surface area contributed by atoms with Crippen LogP contribution in [-0.4, -0.2) is 54.1 Å². The van der Waals surface area contributed by atoms with Crippen LogP contribution in [0.4, 0.5) is 0 Å². The zero-order valence-corrected chi connectivity index (χ0v) is 11.7. The standard InChI is InChI=1S/C14H26N4/c1-12(9-14(2,16)11-15)18-7-5-17(6-8-18)10-13-3-4-13/h12-13H,3-10,16H2,1-2H3. The van der Waals surface area contributed by atoms with Gasteiger partial charge in [-0.15, -0.1) is 0 Å². The van der Waals surface area contributed by atoms with E-state index in [0.29, 0.717) is 6.04 Å². The molecule has 102 valence electrons. The van der Waals surface area contributed by atoms with Gasteiger partial charge in [0.15, 0.2) is 0 Å². The summed E-state index contributed by atoms with van der Waals surface area (Å²) in [7, 11) is 0. The van der Waals surface area contributed by atoms with E-state index >= 15 is 0 Å². The highest BCUT2D eigenvalue weighted by atomic mass is 15.3. The third-order valence-electron chi connectivity index (χ3n) is 4.22. The molecule has 2 N–H and O–H groups in total. The van der Waals surface area contributed by atoms with Gasteiger partial charge in [0, 0.05) is 38.8 Å². The first-order chi connectivity index (χ1) is 8.50. The Kier molecular flexibility index (Phi) is 4.26. The highest BCUT2D eigenvalue weighted by Crippen LogP contribution is 2.30. The van der Waals surface area contributed by atoms with E-state index in [4.69, 9.17) is 11.0 Å². The number of hydrogen-bond donors (Lipinski definition) is 1. The van der Waals surface area contributed by atoms with Gasteiger partial charge in [-0.3, -0.25) is 4.90 Å². The number of rotatable bonds is 5. The van der Waals surface area contributed by atoms with Gasteiger partial charge in [-0.25, -0.2) is 0 Å². The maximum atomic E-state index is 8.99. The Labute approximate surface area is 111 Å². The van der Waals surface area contributed by atoms with E-state index in [9.17, 15) is 0 Å². The summed E-state index contributed by atoms with van der Waals surface area (Å²) in [6, 6.07) is 2.60. The average molecular weight is 250 g/mol. The van der Waals surface area contributed by atoms with Crippen LogP contribution in [0.25, 0.3) is 0 Å². The van der Waals surface area contributed by atoms with Crippen molar-refractivity contribution in [3.05, 3.63) is 0 Å². The molecule has 0 aromatic heterocycles. The third-order valence-corrected chi connectivity index (χ3v) is 4.22. The van der Waals surface area contributed by atoms with Gasteiger partial charge in [0.1, 0.15) is 5.54 Å². The fraction of sp³-hybridized carbons (Fsp3) is 0.929. The van der Waals surface area contributed by atoms with Gasteiger partial charge in [0.2, 0.25) is 0 Å². The van der Waals surface area contributed by atoms with Gasteiger partial charge in [0.25, 0.3) is 0 Å². The van der Waals surface area contributed by atoms with Gasteiger partial charge in [-0.2, -0.15) is 5.26 Å². The molecule has 0 bridgehead atoms. The van der Waals surface area contributed by atoms with Gasteiger partial charge in [-0.05, 0) is 39.0 Å². The minimum absolute atomic E-state index is 0.405. The number of nitrogens with two attached hydrogens (primary N) is 1. The van der Waals surface area contributed by atoms with Gasteiger partial charge in [-0.1, -0.05) is 0 Å². The second kappa shape index (κ2) is 5.56. The second-order valence-corrected chi connectivity index (χ2v) is 6.36. The summed E-state index contributed by atoms with van der Waals surface area (Å²) < 4.78 is 0. The van der Waals surface area contributed by atoms with Crippen LogP contribution in [-0.2, 0) is 0 Å². The van der Waals surface area contributed by atoms with E-state index in [-0.39, 0.29) is 0 Å². The van der Waals surface area contributed by atoms with Crippen molar-refractivity contribution < 1.29 is 0 Å². The van der Waals surface area contributed by atoms with Crippen molar-refractivity contribution in [3.8, 4) is 6.07 Å². The van der Waals surface area contributed by atoms with Gasteiger partial charge >= 0.3 is 0 Å². The summed E-state index contributed by atoms with van der Waals surface area (Å²) >= 11 is 0. The van der Waals surface area contributed by atoms with Crippen LogP contribution in [0.2, 0.25) is 0 Å². The normalized spacial score (nSPS) is 27.4. The number of hydrogen-bond acceptors (Lipinski definition) is 4. The molecule has 1 aliphatic heterocycles. The second-order valence-electron chi connectivity index (χ2n) is 6.36. The zero-order chi connectivity index (χ0) is 13.2. The number of nitriles is 1. The predicted octanol–water partition coefficient (Wildman–Crippen LogP) is 1.03. The molecule has 1 heterocycles. The Morgan fingerprint density at radius 3 is 2.44 bits per heavy atom. The van der Waals surface area contributed by atoms with Crippen LogP contribution in [0.5, 0.6) is 0 Å². The number of nitrogens with zero attached hydrogens (tertiary/aromatic N) is 3. The van der Waals surface area contributed by atoms with Crippen LogP contribution in [0.3, 0.4) is 0 Å². The van der Waals surface area contributed by atoms with Gasteiger partial charge < -0.3 is 10.6 Å². The molecule has 0 aromatic carbocycles. The Morgan fingerprint density at radius 2 is 1.94 bits per heavy atom. The molecule has 0 radical (unpaired) electrons. The first-order valence-electron chi connectivity index (χ1n) is 7.17. The Bertz CT molecular complexity index is 308. The lowest BCUT2D eigenvalue weighted by molar-refractivity contribution is 0.0907. The van der Waals surface area contributed by atoms with Gasteiger partial charge in [0.05, 0.1) is 6.07 Å². The topological polar surface area (TPSA) is 56.3 Å². The lowest BCUT2D eigenvalue weighted by atomic mass is 9.95. The van der Waals surface area contributed by atoms with E-state index in [1.54, 1.807) is 0 Å². The molecule has 4 nitrogen and oxygen atoms in total. The monoisotopic (exact) mass is 250 g/mol. The molecule has 0 amide bonds. The maximum absolute atomic E-state index is 8.99. The van der Waals surface area contributed by atoms with Crippen molar-refractivity contribution in [1.29, 1.82) is 5.26 Å². The summed E-state index contributed by atoms with van der Waals surface area (Å²) in [6.45, 7) is 9.91. The number of piperazine rings is 1. The third kappa shape index (κ3) is 3.94. The van der Waals surface area contributed by atoms with Crippen molar-refractivity contribution >= 4 is 0 Å². The molecule has 0 spiro atoms. The average Bonchev–Trinajstić information content (AvgIpc) is 3.13. The zero-order valence-electron chi connectivity index (χ0n) is 11.7. The predicted molar refractivity (Wildman–Crippen MR) is 73.0 cm³/mol. The highest BCUT2D eigenvalue weighted by molar-refractivity contribution is 5.03. The summed E-state index contributed by atoms with van der Waals surface area (Å²) in [6.07, 6.45) is 3.63. The minimum Gasteiger partial charge on any atom is -0.314 e. The Balaban J connectivity index is 1.73. The Hall–Kier alpha value is -0.630. The lowest BCUT2D eigenvalue weighted by Gasteiger charge is -2.39. The molecule has 2 atom stereocenters. The summed E-state index contributed by atoms with van der Waals surface area (Å²) in [5.41, 5.74) is 5.24. The molecule has 0 aromatic rings. The van der Waals surface area contributed by atoms with Crippen LogP contribution in [0.15, 0.2) is 0 Å². The molecular weight excluding hydrogens is 224 g/mol. The molecule has 1 saturated carbocycles.